The van der Waals surface area contributed by atoms with Crippen molar-refractivity contribution in [3.8, 4) is 0 Å². The van der Waals surface area contributed by atoms with Crippen molar-refractivity contribution in [1.82, 2.24) is 15.1 Å². The van der Waals surface area contributed by atoms with E-state index in [9.17, 15) is 9.59 Å². The molecule has 1 fully saturated rings. The lowest BCUT2D eigenvalue weighted by Gasteiger charge is -2.34. The zero-order valence-electron chi connectivity index (χ0n) is 13.2. The van der Waals surface area contributed by atoms with Crippen LogP contribution in [0.1, 0.15) is 15.9 Å². The molecule has 0 saturated carbocycles. The highest BCUT2D eigenvalue weighted by Crippen LogP contribution is 2.11. The Kier molecular flexibility index (Phi) is 5.91. The van der Waals surface area contributed by atoms with Gasteiger partial charge in [0.1, 0.15) is 0 Å². The van der Waals surface area contributed by atoms with Gasteiger partial charge in [0.15, 0.2) is 0 Å². The summed E-state index contributed by atoms with van der Waals surface area (Å²) < 4.78 is 5.10. The third-order valence-corrected chi connectivity index (χ3v) is 3.79. The molecule has 0 spiro atoms. The van der Waals surface area contributed by atoms with E-state index >= 15 is 0 Å². The van der Waals surface area contributed by atoms with Crippen molar-refractivity contribution in [3.05, 3.63) is 35.4 Å². The zero-order chi connectivity index (χ0) is 15.9. The van der Waals surface area contributed by atoms with Crippen LogP contribution >= 0.6 is 0 Å². The van der Waals surface area contributed by atoms with E-state index in [0.29, 0.717) is 31.8 Å². The number of carbonyl (C=O) groups excluding carboxylic acids is 2. The second kappa shape index (κ2) is 7.91. The average Bonchev–Trinajstić information content (AvgIpc) is 2.55. The number of amides is 2. The van der Waals surface area contributed by atoms with Crippen LogP contribution in [-0.4, -0.2) is 68.5 Å². The summed E-state index contributed by atoms with van der Waals surface area (Å²) in [6, 6.07) is 7.53. The number of hydrogen-bond donors (Lipinski definition) is 1. The predicted octanol–water partition coefficient (Wildman–Crippen LogP) is 0.337. The maximum absolute atomic E-state index is 12.5. The molecule has 0 aliphatic carbocycles. The first-order valence-electron chi connectivity index (χ1n) is 7.44. The van der Waals surface area contributed by atoms with E-state index < -0.39 is 0 Å². The largest absolute Gasteiger partial charge is 0.380 e. The summed E-state index contributed by atoms with van der Waals surface area (Å²) in [5, 5.41) is 2.62. The summed E-state index contributed by atoms with van der Waals surface area (Å²) in [5.41, 5.74) is 1.68. The van der Waals surface area contributed by atoms with E-state index in [1.165, 1.54) is 0 Å². The summed E-state index contributed by atoms with van der Waals surface area (Å²) in [7, 11) is 3.27. The Morgan fingerprint density at radius 3 is 2.59 bits per heavy atom. The standard InChI is InChI=1S/C16H23N3O3/c1-17-15(20)11-18-6-8-19(9-7-18)16(21)14-5-3-4-13(10-14)12-22-2/h3-5,10H,6-9,11-12H2,1-2H3,(H,17,20). The number of nitrogens with one attached hydrogen (secondary N) is 1. The molecule has 22 heavy (non-hydrogen) atoms. The number of ether oxygens (including phenoxy) is 1. The van der Waals surface area contributed by atoms with Gasteiger partial charge in [-0.05, 0) is 17.7 Å². The van der Waals surface area contributed by atoms with Crippen molar-refractivity contribution in [1.29, 1.82) is 0 Å². The Morgan fingerprint density at radius 2 is 1.95 bits per heavy atom. The van der Waals surface area contributed by atoms with Crippen LogP contribution < -0.4 is 5.32 Å². The minimum Gasteiger partial charge on any atom is -0.380 e. The lowest BCUT2D eigenvalue weighted by atomic mass is 10.1. The van der Waals surface area contributed by atoms with Crippen LogP contribution in [0.2, 0.25) is 0 Å². The van der Waals surface area contributed by atoms with Crippen LogP contribution in [0.3, 0.4) is 0 Å². The molecule has 1 aliphatic heterocycles. The number of piperazine rings is 1. The molecule has 2 amide bonds. The maximum Gasteiger partial charge on any atom is 0.253 e. The van der Waals surface area contributed by atoms with E-state index in [2.05, 4.69) is 10.2 Å². The van der Waals surface area contributed by atoms with Crippen LogP contribution in [0.25, 0.3) is 0 Å². The van der Waals surface area contributed by atoms with Crippen molar-refractivity contribution < 1.29 is 14.3 Å². The average molecular weight is 305 g/mol. The number of hydrogen-bond acceptors (Lipinski definition) is 4. The topological polar surface area (TPSA) is 61.9 Å². The first kappa shape index (κ1) is 16.5. The molecule has 0 radical (unpaired) electrons. The molecule has 2 rings (SSSR count). The summed E-state index contributed by atoms with van der Waals surface area (Å²) in [6.45, 7) is 3.62. The predicted molar refractivity (Wildman–Crippen MR) is 83.6 cm³/mol. The minimum absolute atomic E-state index is 0.00652. The normalized spacial score (nSPS) is 15.6. The maximum atomic E-state index is 12.5. The molecule has 0 unspecified atom stereocenters. The Labute approximate surface area is 131 Å². The Bertz CT molecular complexity index is 525. The number of rotatable bonds is 5. The van der Waals surface area contributed by atoms with Crippen molar-refractivity contribution in [3.63, 3.8) is 0 Å². The first-order chi connectivity index (χ1) is 10.6. The minimum atomic E-state index is 0.00652. The molecule has 120 valence electrons. The van der Waals surface area contributed by atoms with Crippen molar-refractivity contribution >= 4 is 11.8 Å². The van der Waals surface area contributed by atoms with E-state index in [1.54, 1.807) is 14.2 Å². The third-order valence-electron chi connectivity index (χ3n) is 3.79. The molecule has 6 heteroatoms. The molecule has 1 saturated heterocycles. The molecule has 1 aromatic rings. The summed E-state index contributed by atoms with van der Waals surface area (Å²) in [5.74, 6) is 0.0459. The van der Waals surface area contributed by atoms with Crippen LogP contribution in [0.4, 0.5) is 0 Å². The molecule has 1 heterocycles. The van der Waals surface area contributed by atoms with Crippen molar-refractivity contribution in [2.24, 2.45) is 0 Å². The van der Waals surface area contributed by atoms with Crippen molar-refractivity contribution in [2.45, 2.75) is 6.61 Å². The van der Waals surface area contributed by atoms with E-state index in [0.717, 1.165) is 18.7 Å². The fourth-order valence-electron chi connectivity index (χ4n) is 2.53. The van der Waals surface area contributed by atoms with Gasteiger partial charge in [-0.2, -0.15) is 0 Å². The third kappa shape index (κ3) is 4.29. The molecular formula is C16H23N3O3. The van der Waals surface area contributed by atoms with Crippen molar-refractivity contribution in [2.75, 3.05) is 46.9 Å². The van der Waals surface area contributed by atoms with Gasteiger partial charge in [-0.1, -0.05) is 12.1 Å². The fraction of sp³-hybridized carbons (Fsp3) is 0.500. The molecule has 1 aromatic carbocycles. The fourth-order valence-corrected chi connectivity index (χ4v) is 2.53. The highest BCUT2D eigenvalue weighted by molar-refractivity contribution is 5.94. The van der Waals surface area contributed by atoms with Gasteiger partial charge >= 0.3 is 0 Å². The van der Waals surface area contributed by atoms with E-state index in [4.69, 9.17) is 4.74 Å². The SMILES string of the molecule is CNC(=O)CN1CCN(C(=O)c2cccc(COC)c2)CC1. The van der Waals surface area contributed by atoms with Crippen LogP contribution in [0.5, 0.6) is 0 Å². The Morgan fingerprint density at radius 1 is 1.23 bits per heavy atom. The Balaban J connectivity index is 1.92. The number of carbonyl (C=O) groups is 2. The van der Waals surface area contributed by atoms with E-state index in [-0.39, 0.29) is 11.8 Å². The lowest BCUT2D eigenvalue weighted by molar-refractivity contribution is -0.122. The van der Waals surface area contributed by atoms with Crippen LogP contribution in [0, 0.1) is 0 Å². The van der Waals surface area contributed by atoms with Gasteiger partial charge in [0.05, 0.1) is 13.2 Å². The monoisotopic (exact) mass is 305 g/mol. The zero-order valence-corrected chi connectivity index (χ0v) is 13.2. The highest BCUT2D eigenvalue weighted by Gasteiger charge is 2.23. The van der Waals surface area contributed by atoms with Gasteiger partial charge in [0, 0.05) is 45.9 Å². The Hall–Kier alpha value is -1.92. The van der Waals surface area contributed by atoms with E-state index in [1.807, 2.05) is 29.2 Å². The molecular weight excluding hydrogens is 282 g/mol. The number of methoxy groups -OCH3 is 1. The molecule has 1 aliphatic rings. The van der Waals surface area contributed by atoms with Gasteiger partial charge in [0.25, 0.3) is 5.91 Å². The molecule has 0 aromatic heterocycles. The molecule has 0 atom stereocenters. The van der Waals surface area contributed by atoms with Gasteiger partial charge < -0.3 is 15.0 Å². The van der Waals surface area contributed by atoms with Gasteiger partial charge in [-0.15, -0.1) is 0 Å². The molecule has 1 N–H and O–H groups in total. The highest BCUT2D eigenvalue weighted by atomic mass is 16.5. The second-order valence-corrected chi connectivity index (χ2v) is 5.37. The van der Waals surface area contributed by atoms with Gasteiger partial charge in [-0.25, -0.2) is 0 Å². The lowest BCUT2D eigenvalue weighted by Crippen LogP contribution is -2.50. The second-order valence-electron chi connectivity index (χ2n) is 5.37. The van der Waals surface area contributed by atoms with Crippen LogP contribution in [0.15, 0.2) is 24.3 Å². The molecule has 0 bridgehead atoms. The smallest absolute Gasteiger partial charge is 0.253 e. The van der Waals surface area contributed by atoms with Gasteiger partial charge in [-0.3, -0.25) is 14.5 Å². The summed E-state index contributed by atoms with van der Waals surface area (Å²) >= 11 is 0. The van der Waals surface area contributed by atoms with Crippen LogP contribution in [-0.2, 0) is 16.1 Å². The summed E-state index contributed by atoms with van der Waals surface area (Å²) in [4.78, 5) is 27.8. The number of benzene rings is 1. The molecule has 6 nitrogen and oxygen atoms in total. The van der Waals surface area contributed by atoms with Gasteiger partial charge in [0.2, 0.25) is 5.91 Å². The first-order valence-corrected chi connectivity index (χ1v) is 7.44. The summed E-state index contributed by atoms with van der Waals surface area (Å²) in [6.07, 6.45) is 0. The number of nitrogens with zero attached hydrogens (tertiary/aromatic N) is 2. The number of likely N-dealkylation sites (N-methyl/N-ethyl adjacent to an activating group) is 1. The quantitative estimate of drug-likeness (QED) is 0.852.